The Labute approximate surface area is 144 Å². The van der Waals surface area contributed by atoms with Crippen LogP contribution in [0, 0.1) is 0 Å². The summed E-state index contributed by atoms with van der Waals surface area (Å²) in [6.45, 7) is 0.597. The van der Waals surface area contributed by atoms with Gasteiger partial charge in [0.25, 0.3) is 0 Å². The van der Waals surface area contributed by atoms with E-state index < -0.39 is 0 Å². The van der Waals surface area contributed by atoms with Crippen LogP contribution in [0.2, 0.25) is 0 Å². The number of para-hydroxylation sites is 2. The van der Waals surface area contributed by atoms with Gasteiger partial charge in [0.1, 0.15) is 11.6 Å². The zero-order valence-corrected chi connectivity index (χ0v) is 14.0. The highest BCUT2D eigenvalue weighted by atomic mass is 15.3. The molecule has 0 saturated carbocycles. The molecule has 3 aromatic heterocycles. The summed E-state index contributed by atoms with van der Waals surface area (Å²) >= 11 is 0. The van der Waals surface area contributed by atoms with Crippen LogP contribution in [0.3, 0.4) is 0 Å². The van der Waals surface area contributed by atoms with Gasteiger partial charge in [-0.15, -0.1) is 0 Å². The van der Waals surface area contributed by atoms with Gasteiger partial charge in [-0.1, -0.05) is 12.1 Å². The molecule has 4 aromatic rings. The van der Waals surface area contributed by atoms with Gasteiger partial charge in [-0.25, -0.2) is 9.67 Å². The van der Waals surface area contributed by atoms with Crippen molar-refractivity contribution in [1.82, 2.24) is 29.3 Å². The van der Waals surface area contributed by atoms with Crippen molar-refractivity contribution in [3.8, 4) is 5.82 Å². The van der Waals surface area contributed by atoms with Crippen LogP contribution in [-0.4, -0.2) is 36.3 Å². The highest BCUT2D eigenvalue weighted by Crippen LogP contribution is 2.19. The maximum Gasteiger partial charge on any atom is 0.224 e. The molecular weight excluding hydrogens is 316 g/mol. The number of nitrogens with zero attached hydrogens (tertiary/aromatic N) is 7. The van der Waals surface area contributed by atoms with Crippen molar-refractivity contribution >= 4 is 22.8 Å². The molecule has 126 valence electrons. The summed E-state index contributed by atoms with van der Waals surface area (Å²) in [5.74, 6) is 2.50. The minimum atomic E-state index is 0.208. The molecule has 0 spiro atoms. The number of hydrogen-bond donors (Lipinski definition) is 1. The Morgan fingerprint density at radius 2 is 1.96 bits per heavy atom. The maximum absolute atomic E-state index is 5.88. The Balaban J connectivity index is 1.66. The third-order valence-corrected chi connectivity index (χ3v) is 4.10. The number of aromatic nitrogens is 6. The Bertz CT molecular complexity index is 1020. The van der Waals surface area contributed by atoms with Crippen molar-refractivity contribution < 1.29 is 0 Å². The number of imidazole rings is 1. The fraction of sp³-hybridized carbons (Fsp3) is 0.176. The zero-order chi connectivity index (χ0) is 17.4. The standard InChI is InChI=1S/C17H18N8/c1-23(11-16-20-12-6-3-4-7-13(12)24(16)2)14-10-15(22-17(18)21-14)25-9-5-8-19-25/h3-10H,11H2,1-2H3,(H2,18,21,22). The van der Waals surface area contributed by atoms with Gasteiger partial charge >= 0.3 is 0 Å². The van der Waals surface area contributed by atoms with E-state index in [0.29, 0.717) is 18.2 Å². The first-order valence-electron chi connectivity index (χ1n) is 7.88. The Morgan fingerprint density at radius 1 is 1.12 bits per heavy atom. The van der Waals surface area contributed by atoms with Crippen LogP contribution in [-0.2, 0) is 13.6 Å². The molecule has 0 aliphatic carbocycles. The van der Waals surface area contributed by atoms with E-state index in [1.165, 1.54) is 0 Å². The highest BCUT2D eigenvalue weighted by molar-refractivity contribution is 5.75. The number of benzene rings is 1. The molecule has 0 amide bonds. The Hall–Kier alpha value is -3.42. The monoisotopic (exact) mass is 334 g/mol. The molecule has 0 bridgehead atoms. The first-order chi connectivity index (χ1) is 12.1. The van der Waals surface area contributed by atoms with E-state index in [4.69, 9.17) is 10.7 Å². The lowest BCUT2D eigenvalue weighted by molar-refractivity contribution is 0.764. The van der Waals surface area contributed by atoms with E-state index in [2.05, 4.69) is 25.7 Å². The minimum absolute atomic E-state index is 0.208. The van der Waals surface area contributed by atoms with Crippen molar-refractivity contribution in [2.75, 3.05) is 17.7 Å². The summed E-state index contributed by atoms with van der Waals surface area (Å²) < 4.78 is 3.75. The van der Waals surface area contributed by atoms with Crippen molar-refractivity contribution in [3.63, 3.8) is 0 Å². The molecule has 0 saturated heterocycles. The third kappa shape index (κ3) is 2.78. The van der Waals surface area contributed by atoms with Crippen LogP contribution in [0.1, 0.15) is 5.82 Å². The lowest BCUT2D eigenvalue weighted by Crippen LogP contribution is -2.21. The molecule has 4 rings (SSSR count). The van der Waals surface area contributed by atoms with Gasteiger partial charge in [0, 0.05) is 32.6 Å². The normalized spacial score (nSPS) is 11.1. The average molecular weight is 334 g/mol. The molecule has 0 aliphatic rings. The van der Waals surface area contributed by atoms with Gasteiger partial charge in [-0.05, 0) is 18.2 Å². The molecule has 3 heterocycles. The van der Waals surface area contributed by atoms with E-state index in [1.807, 2.05) is 55.5 Å². The predicted molar refractivity (Wildman–Crippen MR) is 96.4 cm³/mol. The van der Waals surface area contributed by atoms with Gasteiger partial charge in [-0.3, -0.25) is 0 Å². The largest absolute Gasteiger partial charge is 0.368 e. The first kappa shape index (κ1) is 15.1. The molecule has 0 atom stereocenters. The first-order valence-corrected chi connectivity index (χ1v) is 7.88. The summed E-state index contributed by atoms with van der Waals surface area (Å²) in [6.07, 6.45) is 3.51. The molecule has 0 aliphatic heterocycles. The van der Waals surface area contributed by atoms with Crippen molar-refractivity contribution in [3.05, 3.63) is 54.6 Å². The molecule has 8 nitrogen and oxygen atoms in total. The van der Waals surface area contributed by atoms with Crippen molar-refractivity contribution in [1.29, 1.82) is 0 Å². The van der Waals surface area contributed by atoms with Crippen LogP contribution in [0.5, 0.6) is 0 Å². The fourth-order valence-electron chi connectivity index (χ4n) is 2.79. The van der Waals surface area contributed by atoms with E-state index in [0.717, 1.165) is 16.9 Å². The Morgan fingerprint density at radius 3 is 2.72 bits per heavy atom. The van der Waals surface area contributed by atoms with Gasteiger partial charge in [0.05, 0.1) is 17.6 Å². The predicted octanol–water partition coefficient (Wildman–Crippen LogP) is 1.77. The molecule has 25 heavy (non-hydrogen) atoms. The molecule has 2 N–H and O–H groups in total. The molecule has 8 heteroatoms. The molecule has 1 aromatic carbocycles. The number of nitrogen functional groups attached to an aromatic ring is 1. The number of rotatable bonds is 4. The number of hydrogen-bond acceptors (Lipinski definition) is 6. The zero-order valence-electron chi connectivity index (χ0n) is 14.0. The highest BCUT2D eigenvalue weighted by Gasteiger charge is 2.13. The van der Waals surface area contributed by atoms with E-state index in [-0.39, 0.29) is 5.95 Å². The Kier molecular flexibility index (Phi) is 3.57. The molecular formula is C17H18N8. The summed E-state index contributed by atoms with van der Waals surface area (Å²) in [5.41, 5.74) is 7.96. The van der Waals surface area contributed by atoms with Crippen LogP contribution in [0.4, 0.5) is 11.8 Å². The van der Waals surface area contributed by atoms with Gasteiger partial charge in [0.15, 0.2) is 5.82 Å². The lowest BCUT2D eigenvalue weighted by atomic mass is 10.3. The van der Waals surface area contributed by atoms with E-state index in [1.54, 1.807) is 10.9 Å². The number of nitrogens with two attached hydrogens (primary N) is 1. The number of anilines is 2. The second-order valence-corrected chi connectivity index (χ2v) is 5.82. The molecule has 0 unspecified atom stereocenters. The SMILES string of the molecule is CN(Cc1nc2ccccc2n1C)c1cc(-n2cccn2)nc(N)n1. The third-order valence-electron chi connectivity index (χ3n) is 4.10. The van der Waals surface area contributed by atoms with E-state index in [9.17, 15) is 0 Å². The number of aryl methyl sites for hydroxylation is 1. The quantitative estimate of drug-likeness (QED) is 0.611. The summed E-state index contributed by atoms with van der Waals surface area (Å²) in [4.78, 5) is 15.3. The lowest BCUT2D eigenvalue weighted by Gasteiger charge is -2.18. The van der Waals surface area contributed by atoms with Crippen LogP contribution < -0.4 is 10.6 Å². The van der Waals surface area contributed by atoms with Gasteiger partial charge in [0.2, 0.25) is 5.95 Å². The molecule has 0 fully saturated rings. The minimum Gasteiger partial charge on any atom is -0.368 e. The number of fused-ring (bicyclic) bond motifs is 1. The van der Waals surface area contributed by atoms with Crippen LogP contribution >= 0.6 is 0 Å². The topological polar surface area (TPSA) is 90.7 Å². The van der Waals surface area contributed by atoms with Crippen LogP contribution in [0.25, 0.3) is 16.9 Å². The fourth-order valence-corrected chi connectivity index (χ4v) is 2.79. The van der Waals surface area contributed by atoms with Gasteiger partial charge < -0.3 is 15.2 Å². The second-order valence-electron chi connectivity index (χ2n) is 5.82. The van der Waals surface area contributed by atoms with Gasteiger partial charge in [-0.2, -0.15) is 15.1 Å². The maximum atomic E-state index is 5.88. The summed E-state index contributed by atoms with van der Waals surface area (Å²) in [6, 6.07) is 11.8. The second kappa shape index (κ2) is 5.90. The van der Waals surface area contributed by atoms with Crippen molar-refractivity contribution in [2.24, 2.45) is 7.05 Å². The smallest absolute Gasteiger partial charge is 0.224 e. The molecule has 0 radical (unpaired) electrons. The van der Waals surface area contributed by atoms with Crippen molar-refractivity contribution in [2.45, 2.75) is 6.54 Å². The van der Waals surface area contributed by atoms with Crippen LogP contribution in [0.15, 0.2) is 48.8 Å². The summed E-state index contributed by atoms with van der Waals surface area (Å²) in [5, 5.41) is 4.19. The average Bonchev–Trinajstić information content (AvgIpc) is 3.24. The summed E-state index contributed by atoms with van der Waals surface area (Å²) in [7, 11) is 3.97. The van der Waals surface area contributed by atoms with E-state index >= 15 is 0 Å².